The van der Waals surface area contributed by atoms with Crippen LogP contribution < -0.4 is 10.6 Å². The molecule has 0 radical (unpaired) electrons. The van der Waals surface area contributed by atoms with Crippen molar-refractivity contribution in [2.75, 3.05) is 46.6 Å². The van der Waals surface area contributed by atoms with Crippen molar-refractivity contribution < 1.29 is 13.9 Å². The average molecular weight is 444 g/mol. The Morgan fingerprint density at radius 2 is 2.00 bits per heavy atom. The molecule has 1 aromatic rings. The number of aryl methyl sites for hydroxylation is 1. The quantitative estimate of drug-likeness (QED) is 0.330. The molecule has 2 rings (SSSR count). The van der Waals surface area contributed by atoms with E-state index in [1.165, 1.54) is 6.07 Å². The predicted octanol–water partition coefficient (Wildman–Crippen LogP) is 3.52. The number of guanidine groups is 1. The highest BCUT2D eigenvalue weighted by molar-refractivity contribution is 9.10. The van der Waals surface area contributed by atoms with Gasteiger partial charge in [-0.2, -0.15) is 0 Å². The molecule has 1 fully saturated rings. The summed E-state index contributed by atoms with van der Waals surface area (Å²) in [5.41, 5.74) is 0.740. The zero-order chi connectivity index (χ0) is 19.3. The number of hydrogen-bond acceptors (Lipinski definition) is 3. The summed E-state index contributed by atoms with van der Waals surface area (Å²) in [5.74, 6) is 1.26. The topological polar surface area (TPSA) is 54.9 Å². The van der Waals surface area contributed by atoms with Crippen LogP contribution in [0.1, 0.15) is 31.2 Å². The fourth-order valence-electron chi connectivity index (χ4n) is 2.97. The summed E-state index contributed by atoms with van der Waals surface area (Å²) in [6, 6.07) is 5.21. The molecule has 1 heterocycles. The van der Waals surface area contributed by atoms with E-state index in [9.17, 15) is 4.39 Å². The zero-order valence-corrected chi connectivity index (χ0v) is 17.7. The van der Waals surface area contributed by atoms with Crippen molar-refractivity contribution in [1.82, 2.24) is 10.6 Å². The molecule has 2 N–H and O–H groups in total. The first kappa shape index (κ1) is 22.1. The van der Waals surface area contributed by atoms with E-state index in [0.717, 1.165) is 81.2 Å². The van der Waals surface area contributed by atoms with E-state index < -0.39 is 0 Å². The normalized spacial score (nSPS) is 15.7. The van der Waals surface area contributed by atoms with Crippen LogP contribution in [0.2, 0.25) is 0 Å². The second kappa shape index (κ2) is 13.1. The van der Waals surface area contributed by atoms with Crippen molar-refractivity contribution >= 4 is 21.9 Å². The minimum absolute atomic E-state index is 0.160. The number of ether oxygens (including phenoxy) is 2. The highest BCUT2D eigenvalue weighted by Crippen LogP contribution is 2.16. The lowest BCUT2D eigenvalue weighted by molar-refractivity contribution is 0.0203. The SMILES string of the molecule is CN=C(NCCCOCC1CCOCC1)NCCCc1ccc(Br)cc1F. The maximum atomic E-state index is 13.8. The van der Waals surface area contributed by atoms with Gasteiger partial charge in [-0.25, -0.2) is 4.39 Å². The van der Waals surface area contributed by atoms with E-state index >= 15 is 0 Å². The van der Waals surface area contributed by atoms with Gasteiger partial charge in [0.15, 0.2) is 5.96 Å². The van der Waals surface area contributed by atoms with Crippen LogP contribution in [0.15, 0.2) is 27.7 Å². The number of nitrogens with zero attached hydrogens (tertiary/aromatic N) is 1. The van der Waals surface area contributed by atoms with Gasteiger partial charge in [-0.3, -0.25) is 4.99 Å². The number of rotatable bonds is 10. The second-order valence-corrected chi connectivity index (χ2v) is 7.66. The van der Waals surface area contributed by atoms with Gasteiger partial charge in [-0.15, -0.1) is 0 Å². The van der Waals surface area contributed by atoms with E-state index in [2.05, 4.69) is 31.6 Å². The molecule has 0 bridgehead atoms. The lowest BCUT2D eigenvalue weighted by atomic mass is 10.0. The summed E-state index contributed by atoms with van der Waals surface area (Å²) in [6.45, 7) is 4.88. The molecule has 0 atom stereocenters. The molecule has 0 unspecified atom stereocenters. The molecule has 1 aromatic carbocycles. The molecule has 0 spiro atoms. The molecule has 152 valence electrons. The zero-order valence-electron chi connectivity index (χ0n) is 16.1. The highest BCUT2D eigenvalue weighted by atomic mass is 79.9. The Balaban J connectivity index is 1.50. The van der Waals surface area contributed by atoms with Crippen LogP contribution in [-0.2, 0) is 15.9 Å². The fraction of sp³-hybridized carbons (Fsp3) is 0.650. The average Bonchev–Trinajstić information content (AvgIpc) is 2.68. The second-order valence-electron chi connectivity index (χ2n) is 6.75. The molecule has 0 aliphatic carbocycles. The smallest absolute Gasteiger partial charge is 0.190 e. The molecular weight excluding hydrogens is 413 g/mol. The summed E-state index contributed by atoms with van der Waals surface area (Å²) in [6.07, 6.45) is 4.70. The van der Waals surface area contributed by atoms with Crippen LogP contribution >= 0.6 is 15.9 Å². The largest absolute Gasteiger partial charge is 0.381 e. The first-order valence-corrected chi connectivity index (χ1v) is 10.5. The van der Waals surface area contributed by atoms with Gasteiger partial charge >= 0.3 is 0 Å². The first-order chi connectivity index (χ1) is 13.2. The highest BCUT2D eigenvalue weighted by Gasteiger charge is 2.13. The first-order valence-electron chi connectivity index (χ1n) is 9.73. The molecule has 1 saturated heterocycles. The number of aliphatic imine (C=N–C) groups is 1. The van der Waals surface area contributed by atoms with Crippen molar-refractivity contribution in [3.63, 3.8) is 0 Å². The standard InChI is InChI=1S/C20H31BrFN3O2/c1-23-20(24-9-2-4-17-5-6-18(21)14-19(17)22)25-10-3-11-27-15-16-7-12-26-13-8-16/h5-6,14,16H,2-4,7-13,15H2,1H3,(H2,23,24,25). The van der Waals surface area contributed by atoms with Crippen molar-refractivity contribution in [3.8, 4) is 0 Å². The van der Waals surface area contributed by atoms with Crippen LogP contribution in [0.4, 0.5) is 4.39 Å². The third kappa shape index (κ3) is 9.04. The van der Waals surface area contributed by atoms with Crippen LogP contribution in [0.5, 0.6) is 0 Å². The predicted molar refractivity (Wildman–Crippen MR) is 111 cm³/mol. The third-order valence-corrected chi connectivity index (χ3v) is 5.10. The maximum Gasteiger partial charge on any atom is 0.190 e. The molecular formula is C20H31BrFN3O2. The molecule has 1 aliphatic rings. The number of nitrogens with one attached hydrogen (secondary N) is 2. The Morgan fingerprint density at radius 3 is 2.70 bits per heavy atom. The van der Waals surface area contributed by atoms with Gasteiger partial charge in [0.1, 0.15) is 5.82 Å². The number of hydrogen-bond donors (Lipinski definition) is 2. The maximum absolute atomic E-state index is 13.8. The molecule has 0 aromatic heterocycles. The number of halogens is 2. The molecule has 5 nitrogen and oxygen atoms in total. The van der Waals surface area contributed by atoms with Crippen LogP contribution in [0.3, 0.4) is 0 Å². The summed E-state index contributed by atoms with van der Waals surface area (Å²) in [4.78, 5) is 4.21. The Morgan fingerprint density at radius 1 is 1.26 bits per heavy atom. The van der Waals surface area contributed by atoms with Gasteiger partial charge in [-0.1, -0.05) is 22.0 Å². The Kier molecular flexibility index (Phi) is 10.7. The van der Waals surface area contributed by atoms with Crippen molar-refractivity contribution in [2.45, 2.75) is 32.1 Å². The van der Waals surface area contributed by atoms with Crippen LogP contribution in [0.25, 0.3) is 0 Å². The third-order valence-electron chi connectivity index (χ3n) is 4.61. The minimum Gasteiger partial charge on any atom is -0.381 e. The molecule has 7 heteroatoms. The van der Waals surface area contributed by atoms with E-state index in [-0.39, 0.29) is 5.82 Å². The van der Waals surface area contributed by atoms with Crippen molar-refractivity contribution in [3.05, 3.63) is 34.1 Å². The van der Waals surface area contributed by atoms with E-state index in [4.69, 9.17) is 9.47 Å². The summed E-state index contributed by atoms with van der Waals surface area (Å²) in [7, 11) is 1.76. The van der Waals surface area contributed by atoms with Crippen molar-refractivity contribution in [2.24, 2.45) is 10.9 Å². The van der Waals surface area contributed by atoms with Gasteiger partial charge < -0.3 is 20.1 Å². The van der Waals surface area contributed by atoms with Crippen LogP contribution in [-0.4, -0.2) is 52.5 Å². The van der Waals surface area contributed by atoms with Crippen molar-refractivity contribution in [1.29, 1.82) is 0 Å². The monoisotopic (exact) mass is 443 g/mol. The lowest BCUT2D eigenvalue weighted by Gasteiger charge is -2.21. The molecule has 0 amide bonds. The minimum atomic E-state index is -0.160. The van der Waals surface area contributed by atoms with Gasteiger partial charge in [0.2, 0.25) is 0 Å². The Labute approximate surface area is 170 Å². The Bertz CT molecular complexity index is 580. The summed E-state index contributed by atoms with van der Waals surface area (Å²) >= 11 is 3.28. The van der Waals surface area contributed by atoms with E-state index in [1.54, 1.807) is 7.05 Å². The van der Waals surface area contributed by atoms with E-state index in [0.29, 0.717) is 12.3 Å². The van der Waals surface area contributed by atoms with Crippen LogP contribution in [0, 0.1) is 11.7 Å². The molecule has 27 heavy (non-hydrogen) atoms. The Hall–Kier alpha value is -1.18. The number of benzene rings is 1. The van der Waals surface area contributed by atoms with Gasteiger partial charge in [0.25, 0.3) is 0 Å². The summed E-state index contributed by atoms with van der Waals surface area (Å²) in [5, 5.41) is 6.55. The fourth-order valence-corrected chi connectivity index (χ4v) is 3.31. The molecule has 0 saturated carbocycles. The van der Waals surface area contributed by atoms with Gasteiger partial charge in [-0.05, 0) is 55.7 Å². The summed E-state index contributed by atoms with van der Waals surface area (Å²) < 4.78 is 25.7. The lowest BCUT2D eigenvalue weighted by Crippen LogP contribution is -2.38. The van der Waals surface area contributed by atoms with Gasteiger partial charge in [0, 0.05) is 51.0 Å². The van der Waals surface area contributed by atoms with E-state index in [1.807, 2.05) is 12.1 Å². The molecule has 1 aliphatic heterocycles. The van der Waals surface area contributed by atoms with Gasteiger partial charge in [0.05, 0.1) is 0 Å².